The molecule has 1 fully saturated rings. The van der Waals surface area contributed by atoms with Crippen molar-refractivity contribution in [3.63, 3.8) is 0 Å². The zero-order valence-corrected chi connectivity index (χ0v) is 27.9. The van der Waals surface area contributed by atoms with E-state index in [0.717, 1.165) is 53.5 Å². The van der Waals surface area contributed by atoms with E-state index in [1.54, 1.807) is 0 Å². The molecule has 246 valence electrons. The third kappa shape index (κ3) is 7.13. The zero-order valence-electron chi connectivity index (χ0n) is 27.9. The lowest BCUT2D eigenvalue weighted by atomic mass is 10.1. The van der Waals surface area contributed by atoms with Crippen LogP contribution < -0.4 is 14.2 Å². The van der Waals surface area contributed by atoms with E-state index in [2.05, 4.69) is 107 Å². The number of piperidine rings is 1. The Kier molecular flexibility index (Phi) is 9.16. The van der Waals surface area contributed by atoms with E-state index in [0.29, 0.717) is 13.2 Å². The predicted molar refractivity (Wildman–Crippen MR) is 200 cm³/mol. The third-order valence-corrected chi connectivity index (χ3v) is 9.67. The second kappa shape index (κ2) is 14.5. The molecule has 49 heavy (non-hydrogen) atoms. The fourth-order valence-corrected chi connectivity index (χ4v) is 7.06. The molecular formula is C44H42N2O3. The molecule has 0 spiro atoms. The number of hydrogen-bond acceptors (Lipinski definition) is 4. The van der Waals surface area contributed by atoms with Crippen LogP contribution in [0.1, 0.15) is 36.0 Å². The van der Waals surface area contributed by atoms with Gasteiger partial charge in [-0.3, -0.25) is 4.90 Å². The summed E-state index contributed by atoms with van der Waals surface area (Å²) >= 11 is 0. The molecule has 8 rings (SSSR count). The first-order valence-corrected chi connectivity index (χ1v) is 17.5. The minimum Gasteiger partial charge on any atom is -0.492 e. The van der Waals surface area contributed by atoms with Crippen LogP contribution in [-0.4, -0.2) is 35.7 Å². The molecule has 7 aromatic rings. The number of hydrogen-bond donors (Lipinski definition) is 0. The maximum Gasteiger partial charge on any atom is 0.120 e. The Morgan fingerprint density at radius 2 is 1.12 bits per heavy atom. The van der Waals surface area contributed by atoms with Gasteiger partial charge in [-0.15, -0.1) is 0 Å². The molecule has 1 aliphatic rings. The number of nitrogens with zero attached hydrogens (tertiary/aromatic N) is 2. The van der Waals surface area contributed by atoms with Crippen LogP contribution in [0.3, 0.4) is 0 Å². The molecule has 0 unspecified atom stereocenters. The Labute approximate surface area is 288 Å². The van der Waals surface area contributed by atoms with E-state index in [1.807, 2.05) is 36.4 Å². The first-order chi connectivity index (χ1) is 24.3. The quantitative estimate of drug-likeness (QED) is 0.132. The van der Waals surface area contributed by atoms with Gasteiger partial charge >= 0.3 is 0 Å². The number of fused-ring (bicyclic) bond motifs is 5. The molecule has 1 aromatic heterocycles. The first-order valence-electron chi connectivity index (χ1n) is 17.5. The van der Waals surface area contributed by atoms with Crippen LogP contribution >= 0.6 is 0 Å². The molecule has 5 heteroatoms. The highest BCUT2D eigenvalue weighted by Gasteiger charge is 2.16. The van der Waals surface area contributed by atoms with Crippen LogP contribution in [0.5, 0.6) is 17.2 Å². The van der Waals surface area contributed by atoms with E-state index >= 15 is 0 Å². The van der Waals surface area contributed by atoms with E-state index in [1.165, 1.54) is 65.1 Å². The van der Waals surface area contributed by atoms with Crippen molar-refractivity contribution in [3.8, 4) is 17.2 Å². The van der Waals surface area contributed by atoms with Gasteiger partial charge in [0.1, 0.15) is 37.1 Å². The molecule has 0 radical (unpaired) electrons. The standard InChI is InChI=1S/C44H42N2O3/c1-4-10-34(11-5-1)31-48-38-19-22-40-36(28-38)16-21-41-42-29-39(49-32-35-12-6-2-7-13-35)20-23-43(42)46(44(40)41)30-33-14-17-37(18-15-33)47-27-26-45-24-8-3-9-25-45/h1-2,4-7,10-23,28-29H,3,8-9,24-27,30-32H2. The molecule has 0 amide bonds. The van der Waals surface area contributed by atoms with Gasteiger partial charge < -0.3 is 18.8 Å². The van der Waals surface area contributed by atoms with Gasteiger partial charge in [0.2, 0.25) is 0 Å². The fourth-order valence-electron chi connectivity index (χ4n) is 7.06. The minimum absolute atomic E-state index is 0.534. The Morgan fingerprint density at radius 3 is 1.84 bits per heavy atom. The second-order valence-electron chi connectivity index (χ2n) is 13.1. The highest BCUT2D eigenvalue weighted by molar-refractivity contribution is 6.18. The van der Waals surface area contributed by atoms with Crippen molar-refractivity contribution >= 4 is 32.6 Å². The van der Waals surface area contributed by atoms with Gasteiger partial charge in [-0.1, -0.05) is 91.3 Å². The Bertz CT molecular complexity index is 2150. The molecule has 0 N–H and O–H groups in total. The van der Waals surface area contributed by atoms with Gasteiger partial charge in [-0.25, -0.2) is 0 Å². The molecule has 6 aromatic carbocycles. The van der Waals surface area contributed by atoms with Crippen LogP contribution in [0.15, 0.2) is 133 Å². The number of rotatable bonds is 12. The van der Waals surface area contributed by atoms with E-state index in [4.69, 9.17) is 14.2 Å². The second-order valence-corrected chi connectivity index (χ2v) is 13.1. The maximum absolute atomic E-state index is 6.28. The van der Waals surface area contributed by atoms with Crippen molar-refractivity contribution in [2.75, 3.05) is 26.2 Å². The fraction of sp³-hybridized carbons (Fsp3) is 0.227. The molecule has 0 saturated carbocycles. The van der Waals surface area contributed by atoms with Gasteiger partial charge in [-0.2, -0.15) is 0 Å². The smallest absolute Gasteiger partial charge is 0.120 e. The Morgan fingerprint density at radius 1 is 0.490 bits per heavy atom. The van der Waals surface area contributed by atoms with Gasteiger partial charge in [0.05, 0.1) is 5.52 Å². The average Bonchev–Trinajstić information content (AvgIpc) is 3.47. The molecule has 1 aliphatic heterocycles. The summed E-state index contributed by atoms with van der Waals surface area (Å²) in [5.74, 6) is 2.66. The normalized spacial score (nSPS) is 13.6. The molecule has 0 aliphatic carbocycles. The Hall–Kier alpha value is -5.26. The van der Waals surface area contributed by atoms with Gasteiger partial charge in [-0.05, 0) is 96.5 Å². The summed E-state index contributed by atoms with van der Waals surface area (Å²) in [5, 5.41) is 4.75. The zero-order chi connectivity index (χ0) is 32.8. The monoisotopic (exact) mass is 646 g/mol. The summed E-state index contributed by atoms with van der Waals surface area (Å²) < 4.78 is 21.1. The summed E-state index contributed by atoms with van der Waals surface area (Å²) in [4.78, 5) is 2.51. The van der Waals surface area contributed by atoms with Crippen molar-refractivity contribution in [3.05, 3.63) is 150 Å². The SMILES string of the molecule is c1ccc(COc2ccc3c(ccc4c5cc(OCc6ccccc6)ccc5n(Cc5ccc(OCCN6CCCCC6)cc5)c34)c2)cc1. The third-order valence-electron chi connectivity index (χ3n) is 9.67. The lowest BCUT2D eigenvalue weighted by Crippen LogP contribution is -2.33. The van der Waals surface area contributed by atoms with Crippen LogP contribution in [0.2, 0.25) is 0 Å². The Balaban J connectivity index is 1.10. The van der Waals surface area contributed by atoms with Gasteiger partial charge in [0.25, 0.3) is 0 Å². The van der Waals surface area contributed by atoms with E-state index in [9.17, 15) is 0 Å². The molecule has 0 atom stereocenters. The summed E-state index contributed by atoms with van der Waals surface area (Å²) in [6, 6.07) is 46.7. The molecule has 2 heterocycles. The van der Waals surface area contributed by atoms with Gasteiger partial charge in [0, 0.05) is 34.8 Å². The summed E-state index contributed by atoms with van der Waals surface area (Å²) in [5.41, 5.74) is 5.93. The number of likely N-dealkylation sites (tertiary alicyclic amines) is 1. The molecule has 0 bridgehead atoms. The summed E-state index contributed by atoms with van der Waals surface area (Å²) in [7, 11) is 0. The largest absolute Gasteiger partial charge is 0.492 e. The number of ether oxygens (including phenoxy) is 3. The lowest BCUT2D eigenvalue weighted by molar-refractivity contribution is 0.183. The van der Waals surface area contributed by atoms with Crippen molar-refractivity contribution in [1.82, 2.24) is 9.47 Å². The summed E-state index contributed by atoms with van der Waals surface area (Å²) in [6.45, 7) is 5.92. The van der Waals surface area contributed by atoms with Crippen LogP contribution in [0, 0.1) is 0 Å². The highest BCUT2D eigenvalue weighted by Crippen LogP contribution is 2.38. The van der Waals surface area contributed by atoms with Crippen molar-refractivity contribution in [1.29, 1.82) is 0 Å². The van der Waals surface area contributed by atoms with Crippen molar-refractivity contribution in [2.24, 2.45) is 0 Å². The van der Waals surface area contributed by atoms with Crippen LogP contribution in [0.25, 0.3) is 32.6 Å². The predicted octanol–water partition coefficient (Wildman–Crippen LogP) is 10.0. The summed E-state index contributed by atoms with van der Waals surface area (Å²) in [6.07, 6.45) is 3.96. The molecular weight excluding hydrogens is 604 g/mol. The number of aromatic nitrogens is 1. The highest BCUT2D eigenvalue weighted by atomic mass is 16.5. The van der Waals surface area contributed by atoms with Gasteiger partial charge in [0.15, 0.2) is 0 Å². The molecule has 5 nitrogen and oxygen atoms in total. The van der Waals surface area contributed by atoms with Crippen LogP contribution in [-0.2, 0) is 19.8 Å². The van der Waals surface area contributed by atoms with E-state index in [-0.39, 0.29) is 0 Å². The van der Waals surface area contributed by atoms with Crippen molar-refractivity contribution < 1.29 is 14.2 Å². The maximum atomic E-state index is 6.28. The molecule has 1 saturated heterocycles. The minimum atomic E-state index is 0.534. The average molecular weight is 647 g/mol. The van der Waals surface area contributed by atoms with Crippen molar-refractivity contribution in [2.45, 2.75) is 39.0 Å². The lowest BCUT2D eigenvalue weighted by Gasteiger charge is -2.26. The topological polar surface area (TPSA) is 35.9 Å². The number of benzene rings is 6. The van der Waals surface area contributed by atoms with Crippen LogP contribution in [0.4, 0.5) is 0 Å². The van der Waals surface area contributed by atoms with E-state index < -0.39 is 0 Å². The first kappa shape index (κ1) is 31.0.